The second kappa shape index (κ2) is 6.52. The molecule has 3 aromatic rings. The lowest BCUT2D eigenvalue weighted by molar-refractivity contribution is -0.136. The summed E-state index contributed by atoms with van der Waals surface area (Å²) in [5.74, 6) is 0.124. The number of fused-ring (bicyclic) bond motifs is 1. The molecule has 0 unspecified atom stereocenters. The van der Waals surface area contributed by atoms with Crippen LogP contribution in [-0.4, -0.2) is 46.2 Å². The van der Waals surface area contributed by atoms with Gasteiger partial charge in [0.15, 0.2) is 5.82 Å². The fraction of sp³-hybridized carbons (Fsp3) is 0.294. The van der Waals surface area contributed by atoms with Crippen LogP contribution in [0.25, 0.3) is 21.7 Å². The van der Waals surface area contributed by atoms with E-state index in [9.17, 15) is 4.79 Å². The highest BCUT2D eigenvalue weighted by molar-refractivity contribution is 7.13. The molecule has 5 nitrogen and oxygen atoms in total. The average molecular weight is 329 g/mol. The maximum Gasteiger partial charge on any atom is 0.307 e. The molecule has 0 amide bonds. The molecule has 23 heavy (non-hydrogen) atoms. The Kier molecular flexibility index (Phi) is 4.45. The predicted molar refractivity (Wildman–Crippen MR) is 92.9 cm³/mol. The summed E-state index contributed by atoms with van der Waals surface area (Å²) in [5, 5.41) is 11.0. The minimum atomic E-state index is -0.824. The Balaban J connectivity index is 2.08. The first-order valence-electron chi connectivity index (χ1n) is 7.44. The van der Waals surface area contributed by atoms with Crippen molar-refractivity contribution in [2.75, 3.05) is 20.6 Å². The molecule has 2 heterocycles. The zero-order valence-corrected chi connectivity index (χ0v) is 14.0. The van der Waals surface area contributed by atoms with Crippen molar-refractivity contribution < 1.29 is 9.90 Å². The molecule has 0 fully saturated rings. The number of likely N-dealkylation sites (N-methyl/N-ethyl adjacent to an activating group) is 1. The molecule has 0 bridgehead atoms. The number of hydrogen-bond acceptors (Lipinski definition) is 4. The van der Waals surface area contributed by atoms with Gasteiger partial charge in [-0.15, -0.1) is 11.3 Å². The number of carboxylic acids is 1. The largest absolute Gasteiger partial charge is 0.481 e. The third-order valence-electron chi connectivity index (χ3n) is 3.68. The summed E-state index contributed by atoms with van der Waals surface area (Å²) >= 11 is 1.66. The van der Waals surface area contributed by atoms with E-state index in [2.05, 4.69) is 29.6 Å². The van der Waals surface area contributed by atoms with E-state index in [1.54, 1.807) is 11.3 Å². The van der Waals surface area contributed by atoms with Gasteiger partial charge in [0, 0.05) is 13.1 Å². The van der Waals surface area contributed by atoms with E-state index in [1.165, 1.54) is 0 Å². The Morgan fingerprint density at radius 3 is 2.83 bits per heavy atom. The van der Waals surface area contributed by atoms with Crippen LogP contribution >= 0.6 is 11.3 Å². The Bertz CT molecular complexity index is 822. The minimum Gasteiger partial charge on any atom is -0.481 e. The molecule has 0 saturated carbocycles. The van der Waals surface area contributed by atoms with Crippen molar-refractivity contribution >= 4 is 28.3 Å². The Morgan fingerprint density at radius 1 is 1.35 bits per heavy atom. The van der Waals surface area contributed by atoms with Crippen LogP contribution in [0, 0.1) is 0 Å². The lowest BCUT2D eigenvalue weighted by atomic mass is 10.1. The first kappa shape index (κ1) is 15.7. The quantitative estimate of drug-likeness (QED) is 0.755. The summed E-state index contributed by atoms with van der Waals surface area (Å²) in [6.07, 6.45) is 0.0227. The van der Waals surface area contributed by atoms with Crippen molar-refractivity contribution in [3.8, 4) is 10.7 Å². The van der Waals surface area contributed by atoms with Crippen molar-refractivity contribution in [1.29, 1.82) is 0 Å². The van der Waals surface area contributed by atoms with Gasteiger partial charge < -0.3 is 14.6 Å². The third-order valence-corrected chi connectivity index (χ3v) is 4.55. The van der Waals surface area contributed by atoms with Crippen LogP contribution in [0.3, 0.4) is 0 Å². The molecule has 0 radical (unpaired) electrons. The molecule has 0 aliphatic carbocycles. The van der Waals surface area contributed by atoms with Gasteiger partial charge in [0.1, 0.15) is 0 Å². The number of hydrogen-bond donors (Lipinski definition) is 1. The van der Waals surface area contributed by atoms with E-state index < -0.39 is 5.97 Å². The van der Waals surface area contributed by atoms with Crippen molar-refractivity contribution in [3.05, 3.63) is 41.3 Å². The summed E-state index contributed by atoms with van der Waals surface area (Å²) in [4.78, 5) is 18.9. The van der Waals surface area contributed by atoms with Crippen LogP contribution in [0.4, 0.5) is 0 Å². The summed E-state index contributed by atoms with van der Waals surface area (Å²) < 4.78 is 2.21. The lowest BCUT2D eigenvalue weighted by Gasteiger charge is -2.13. The monoisotopic (exact) mass is 329 g/mol. The molecule has 0 aliphatic rings. The number of imidazole rings is 1. The number of rotatable bonds is 6. The summed E-state index contributed by atoms with van der Waals surface area (Å²) in [6.45, 7) is 1.76. The first-order valence-corrected chi connectivity index (χ1v) is 8.32. The SMILES string of the molecule is CN(C)CCn1c(-c2cccs2)nc2cc(CC(=O)O)ccc21. The third kappa shape index (κ3) is 3.43. The van der Waals surface area contributed by atoms with E-state index >= 15 is 0 Å². The van der Waals surface area contributed by atoms with Gasteiger partial charge in [-0.1, -0.05) is 12.1 Å². The summed E-state index contributed by atoms with van der Waals surface area (Å²) in [7, 11) is 4.10. The van der Waals surface area contributed by atoms with E-state index in [0.717, 1.165) is 40.4 Å². The van der Waals surface area contributed by atoms with Gasteiger partial charge in [0.05, 0.1) is 22.3 Å². The fourth-order valence-corrected chi connectivity index (χ4v) is 3.30. The van der Waals surface area contributed by atoms with Crippen LogP contribution in [0.2, 0.25) is 0 Å². The standard InChI is InChI=1S/C17H19N3O2S/c1-19(2)7-8-20-14-6-5-12(11-16(21)22)10-13(14)18-17(20)15-4-3-9-23-15/h3-6,9-10H,7-8,11H2,1-2H3,(H,21,22). The molecule has 0 aliphatic heterocycles. The molecule has 1 N–H and O–H groups in total. The van der Waals surface area contributed by atoms with E-state index in [4.69, 9.17) is 10.1 Å². The van der Waals surface area contributed by atoms with Gasteiger partial charge in [0.25, 0.3) is 0 Å². The molecule has 3 rings (SSSR count). The van der Waals surface area contributed by atoms with Gasteiger partial charge in [-0.3, -0.25) is 4.79 Å². The van der Waals surface area contributed by atoms with Gasteiger partial charge >= 0.3 is 5.97 Å². The molecular formula is C17H19N3O2S. The van der Waals surface area contributed by atoms with Gasteiger partial charge in [-0.25, -0.2) is 4.98 Å². The maximum atomic E-state index is 10.9. The Hall–Kier alpha value is -2.18. The topological polar surface area (TPSA) is 58.4 Å². The molecule has 0 spiro atoms. The smallest absolute Gasteiger partial charge is 0.307 e. The number of aromatic nitrogens is 2. The second-order valence-electron chi connectivity index (χ2n) is 5.76. The maximum absolute atomic E-state index is 10.9. The first-order chi connectivity index (χ1) is 11.0. The predicted octanol–water partition coefficient (Wildman–Crippen LogP) is 2.95. The minimum absolute atomic E-state index is 0.0227. The van der Waals surface area contributed by atoms with Crippen LogP contribution in [0.1, 0.15) is 5.56 Å². The number of aliphatic carboxylic acids is 1. The summed E-state index contributed by atoms with van der Waals surface area (Å²) in [6, 6.07) is 9.82. The summed E-state index contributed by atoms with van der Waals surface area (Å²) in [5.41, 5.74) is 2.68. The number of carboxylic acid groups (broad SMARTS) is 1. The molecule has 0 atom stereocenters. The van der Waals surface area contributed by atoms with Crippen molar-refractivity contribution in [3.63, 3.8) is 0 Å². The number of carbonyl (C=O) groups is 1. The number of benzene rings is 1. The van der Waals surface area contributed by atoms with Crippen molar-refractivity contribution in [2.45, 2.75) is 13.0 Å². The molecular weight excluding hydrogens is 310 g/mol. The highest BCUT2D eigenvalue weighted by Crippen LogP contribution is 2.28. The van der Waals surface area contributed by atoms with Gasteiger partial charge in [-0.05, 0) is 43.2 Å². The Labute approximate surface area is 138 Å². The number of nitrogens with zero attached hydrogens (tertiary/aromatic N) is 3. The number of thiophene rings is 1. The Morgan fingerprint density at radius 2 is 2.17 bits per heavy atom. The van der Waals surface area contributed by atoms with E-state index in [-0.39, 0.29) is 6.42 Å². The van der Waals surface area contributed by atoms with Crippen LogP contribution in [-0.2, 0) is 17.8 Å². The van der Waals surface area contributed by atoms with Gasteiger partial charge in [-0.2, -0.15) is 0 Å². The highest BCUT2D eigenvalue weighted by atomic mass is 32.1. The fourth-order valence-electron chi connectivity index (χ4n) is 2.58. The molecule has 6 heteroatoms. The highest BCUT2D eigenvalue weighted by Gasteiger charge is 2.14. The van der Waals surface area contributed by atoms with E-state index in [1.807, 2.05) is 29.6 Å². The molecule has 2 aromatic heterocycles. The zero-order chi connectivity index (χ0) is 16.4. The molecule has 120 valence electrons. The zero-order valence-electron chi connectivity index (χ0n) is 13.2. The van der Waals surface area contributed by atoms with E-state index in [0.29, 0.717) is 0 Å². The normalized spacial score (nSPS) is 11.4. The molecule has 0 saturated heterocycles. The van der Waals surface area contributed by atoms with Crippen molar-refractivity contribution in [1.82, 2.24) is 14.5 Å². The molecule has 1 aromatic carbocycles. The average Bonchev–Trinajstić information content (AvgIpc) is 3.11. The lowest BCUT2D eigenvalue weighted by Crippen LogP contribution is -2.18. The van der Waals surface area contributed by atoms with Crippen LogP contribution in [0.5, 0.6) is 0 Å². The van der Waals surface area contributed by atoms with Crippen LogP contribution < -0.4 is 0 Å². The second-order valence-corrected chi connectivity index (χ2v) is 6.71. The van der Waals surface area contributed by atoms with Gasteiger partial charge in [0.2, 0.25) is 0 Å². The van der Waals surface area contributed by atoms with Crippen LogP contribution in [0.15, 0.2) is 35.7 Å². The van der Waals surface area contributed by atoms with Crippen molar-refractivity contribution in [2.24, 2.45) is 0 Å².